The molecule has 5 rings (SSSR count). The Bertz CT molecular complexity index is 531. The Hall–Kier alpha value is -1.10. The maximum Gasteiger partial charge on any atom is 0.309 e. The maximum atomic E-state index is 12.2. The molecular formula is C16H20O5. The van der Waals surface area contributed by atoms with E-state index in [0.717, 1.165) is 12.8 Å². The second-order valence-electron chi connectivity index (χ2n) is 7.43. The van der Waals surface area contributed by atoms with Crippen molar-refractivity contribution in [3.8, 4) is 0 Å². The van der Waals surface area contributed by atoms with Crippen LogP contribution >= 0.6 is 0 Å². The van der Waals surface area contributed by atoms with Gasteiger partial charge in [0.15, 0.2) is 0 Å². The van der Waals surface area contributed by atoms with E-state index in [1.165, 1.54) is 14.2 Å². The summed E-state index contributed by atoms with van der Waals surface area (Å²) in [4.78, 5) is 24.3. The third kappa shape index (κ3) is 1.28. The molecule has 4 aliphatic carbocycles. The molecule has 0 aromatic rings. The quantitative estimate of drug-likeness (QED) is 0.558. The minimum absolute atomic E-state index is 0.227. The smallest absolute Gasteiger partial charge is 0.309 e. The second kappa shape index (κ2) is 3.80. The first-order valence-electron chi connectivity index (χ1n) is 7.98. The average Bonchev–Trinajstić information content (AvgIpc) is 2.85. The first kappa shape index (κ1) is 12.4. The van der Waals surface area contributed by atoms with Gasteiger partial charge in [-0.3, -0.25) is 9.59 Å². The number of epoxide rings is 1. The lowest BCUT2D eigenvalue weighted by Crippen LogP contribution is -2.59. The van der Waals surface area contributed by atoms with Crippen LogP contribution in [0.4, 0.5) is 0 Å². The fraction of sp³-hybridized carbons (Fsp3) is 0.875. The van der Waals surface area contributed by atoms with Crippen LogP contribution in [0.15, 0.2) is 0 Å². The van der Waals surface area contributed by atoms with Crippen LogP contribution in [0.5, 0.6) is 0 Å². The molecule has 5 nitrogen and oxygen atoms in total. The zero-order valence-corrected chi connectivity index (χ0v) is 12.2. The monoisotopic (exact) mass is 292 g/mol. The van der Waals surface area contributed by atoms with E-state index in [0.29, 0.717) is 47.7 Å². The summed E-state index contributed by atoms with van der Waals surface area (Å²) in [5, 5.41) is 0. The minimum Gasteiger partial charge on any atom is -0.469 e. The number of carbonyl (C=O) groups excluding carboxylic acids is 2. The summed E-state index contributed by atoms with van der Waals surface area (Å²) in [5.41, 5.74) is 0. The first-order chi connectivity index (χ1) is 10.2. The molecule has 0 N–H and O–H groups in total. The van der Waals surface area contributed by atoms with Crippen molar-refractivity contribution in [3.05, 3.63) is 0 Å². The molecule has 5 fully saturated rings. The Balaban J connectivity index is 1.49. The highest BCUT2D eigenvalue weighted by Gasteiger charge is 2.76. The van der Waals surface area contributed by atoms with Gasteiger partial charge in [-0.1, -0.05) is 0 Å². The number of esters is 2. The van der Waals surface area contributed by atoms with Crippen molar-refractivity contribution in [1.29, 1.82) is 0 Å². The van der Waals surface area contributed by atoms with Crippen molar-refractivity contribution in [2.45, 2.75) is 25.0 Å². The highest BCUT2D eigenvalue weighted by atomic mass is 16.6. The molecule has 0 spiro atoms. The number of methoxy groups -OCH3 is 2. The van der Waals surface area contributed by atoms with E-state index in [4.69, 9.17) is 14.2 Å². The normalized spacial score (nSPS) is 57.8. The Morgan fingerprint density at radius 2 is 1.43 bits per heavy atom. The summed E-state index contributed by atoms with van der Waals surface area (Å²) in [6, 6.07) is 0. The van der Waals surface area contributed by atoms with E-state index < -0.39 is 0 Å². The van der Waals surface area contributed by atoms with Gasteiger partial charge >= 0.3 is 11.9 Å². The summed E-state index contributed by atoms with van der Waals surface area (Å²) in [5.74, 6) is 2.11. The zero-order valence-electron chi connectivity index (χ0n) is 12.2. The van der Waals surface area contributed by atoms with Crippen LogP contribution in [0.2, 0.25) is 0 Å². The van der Waals surface area contributed by atoms with Gasteiger partial charge in [-0.15, -0.1) is 0 Å². The Labute approximate surface area is 123 Å². The molecule has 0 amide bonds. The molecule has 1 saturated heterocycles. The Morgan fingerprint density at radius 1 is 0.857 bits per heavy atom. The SMILES string of the molecule is COC(=O)C1C(C(=O)OC)C2C3CC(C4CC5OC5C43)C12. The third-order valence-electron chi connectivity index (χ3n) is 7.18. The molecule has 1 heterocycles. The number of carbonyl (C=O) groups is 2. The molecule has 10 unspecified atom stereocenters. The van der Waals surface area contributed by atoms with Crippen molar-refractivity contribution in [1.82, 2.24) is 0 Å². The van der Waals surface area contributed by atoms with Gasteiger partial charge in [-0.05, 0) is 48.3 Å². The van der Waals surface area contributed by atoms with Crippen LogP contribution in [0.1, 0.15) is 12.8 Å². The average molecular weight is 292 g/mol. The van der Waals surface area contributed by atoms with E-state index in [-0.39, 0.29) is 23.8 Å². The molecule has 4 saturated carbocycles. The third-order valence-corrected chi connectivity index (χ3v) is 7.18. The topological polar surface area (TPSA) is 65.1 Å². The number of fused-ring (bicyclic) bond motifs is 10. The second-order valence-corrected chi connectivity index (χ2v) is 7.43. The lowest BCUT2D eigenvalue weighted by molar-refractivity contribution is -0.189. The highest BCUT2D eigenvalue weighted by molar-refractivity contribution is 5.85. The molecule has 1 aliphatic heterocycles. The summed E-state index contributed by atoms with van der Waals surface area (Å²) in [6.45, 7) is 0. The summed E-state index contributed by atoms with van der Waals surface area (Å²) in [6.07, 6.45) is 3.24. The lowest BCUT2D eigenvalue weighted by Gasteiger charge is -2.54. The fourth-order valence-corrected chi connectivity index (χ4v) is 6.67. The number of hydrogen-bond acceptors (Lipinski definition) is 5. The van der Waals surface area contributed by atoms with Crippen LogP contribution in [-0.2, 0) is 23.8 Å². The summed E-state index contributed by atoms with van der Waals surface area (Å²) in [7, 11) is 2.83. The van der Waals surface area contributed by atoms with Crippen molar-refractivity contribution in [2.24, 2.45) is 47.3 Å². The van der Waals surface area contributed by atoms with Gasteiger partial charge in [0.25, 0.3) is 0 Å². The molecule has 10 atom stereocenters. The van der Waals surface area contributed by atoms with Crippen LogP contribution in [0.3, 0.4) is 0 Å². The predicted octanol–water partition coefficient (Wildman–Crippen LogP) is 0.864. The Kier molecular flexibility index (Phi) is 2.25. The summed E-state index contributed by atoms with van der Waals surface area (Å²) < 4.78 is 15.7. The molecule has 0 aromatic carbocycles. The molecule has 21 heavy (non-hydrogen) atoms. The molecule has 2 bridgehead atoms. The van der Waals surface area contributed by atoms with Gasteiger partial charge < -0.3 is 14.2 Å². The van der Waals surface area contributed by atoms with Gasteiger partial charge in [0.05, 0.1) is 38.3 Å². The fourth-order valence-electron chi connectivity index (χ4n) is 6.67. The lowest BCUT2D eigenvalue weighted by atomic mass is 9.48. The number of hydrogen-bond donors (Lipinski definition) is 0. The standard InChI is InChI=1S/C16H20O5/c1-19-15(17)12-10-5-3-7(11(10)13(12)16(18)20-2)9-6(5)4-8-14(9)21-8/h5-14H,3-4H2,1-2H3. The largest absolute Gasteiger partial charge is 0.469 e. The van der Waals surface area contributed by atoms with Crippen molar-refractivity contribution in [3.63, 3.8) is 0 Å². The van der Waals surface area contributed by atoms with Gasteiger partial charge in [-0.25, -0.2) is 0 Å². The zero-order chi connectivity index (χ0) is 14.5. The number of rotatable bonds is 2. The van der Waals surface area contributed by atoms with Gasteiger partial charge in [0.2, 0.25) is 0 Å². The molecular weight excluding hydrogens is 272 g/mol. The molecule has 5 aliphatic rings. The molecule has 0 aromatic heterocycles. The van der Waals surface area contributed by atoms with Crippen LogP contribution in [0.25, 0.3) is 0 Å². The summed E-state index contributed by atoms with van der Waals surface area (Å²) >= 11 is 0. The van der Waals surface area contributed by atoms with Gasteiger partial charge in [0, 0.05) is 0 Å². The van der Waals surface area contributed by atoms with E-state index in [1.807, 2.05) is 0 Å². The van der Waals surface area contributed by atoms with E-state index in [2.05, 4.69) is 0 Å². The van der Waals surface area contributed by atoms with E-state index in [1.54, 1.807) is 0 Å². The molecule has 5 heteroatoms. The van der Waals surface area contributed by atoms with Crippen LogP contribution in [-0.4, -0.2) is 38.4 Å². The first-order valence-corrected chi connectivity index (χ1v) is 7.98. The van der Waals surface area contributed by atoms with Crippen molar-refractivity contribution in [2.75, 3.05) is 14.2 Å². The van der Waals surface area contributed by atoms with Gasteiger partial charge in [-0.2, -0.15) is 0 Å². The Morgan fingerprint density at radius 3 is 2.05 bits per heavy atom. The number of ether oxygens (including phenoxy) is 3. The predicted molar refractivity (Wildman–Crippen MR) is 69.8 cm³/mol. The molecule has 0 radical (unpaired) electrons. The van der Waals surface area contributed by atoms with E-state index in [9.17, 15) is 9.59 Å². The van der Waals surface area contributed by atoms with Crippen molar-refractivity contribution < 1.29 is 23.8 Å². The van der Waals surface area contributed by atoms with Gasteiger partial charge in [0.1, 0.15) is 0 Å². The maximum absolute atomic E-state index is 12.2. The van der Waals surface area contributed by atoms with E-state index >= 15 is 0 Å². The minimum atomic E-state index is -0.291. The van der Waals surface area contributed by atoms with Crippen molar-refractivity contribution >= 4 is 11.9 Å². The highest BCUT2D eigenvalue weighted by Crippen LogP contribution is 2.74. The van der Waals surface area contributed by atoms with Crippen LogP contribution < -0.4 is 0 Å². The molecule has 114 valence electrons. The van der Waals surface area contributed by atoms with Crippen LogP contribution in [0, 0.1) is 47.3 Å².